The maximum atomic E-state index is 10.6. The van der Waals surface area contributed by atoms with Gasteiger partial charge in [-0.3, -0.25) is 0 Å². The first-order valence-electron chi connectivity index (χ1n) is 4.31. The number of rotatable bonds is 3. The Bertz CT molecular complexity index is 347. The van der Waals surface area contributed by atoms with Crippen molar-refractivity contribution in [2.45, 2.75) is 19.4 Å². The number of benzene rings is 1. The van der Waals surface area contributed by atoms with Crippen LogP contribution in [0.3, 0.4) is 0 Å². The second-order valence-corrected chi connectivity index (χ2v) is 3.33. The van der Waals surface area contributed by atoms with E-state index >= 15 is 0 Å². The van der Waals surface area contributed by atoms with Gasteiger partial charge in [0.2, 0.25) is 0 Å². The molecule has 0 aromatic heterocycles. The molecule has 0 bridgehead atoms. The highest BCUT2D eigenvalue weighted by Gasteiger charge is 2.08. The van der Waals surface area contributed by atoms with E-state index in [1.165, 1.54) is 18.2 Å². The Morgan fingerprint density at radius 1 is 1.57 bits per heavy atom. The van der Waals surface area contributed by atoms with Gasteiger partial charge in [0.1, 0.15) is 5.75 Å². The maximum absolute atomic E-state index is 10.6. The Balaban J connectivity index is 3.02. The van der Waals surface area contributed by atoms with Crippen LogP contribution in [-0.2, 0) is 6.42 Å². The molecule has 1 atom stereocenters. The zero-order valence-electron chi connectivity index (χ0n) is 7.90. The Kier molecular flexibility index (Phi) is 3.09. The van der Waals surface area contributed by atoms with Crippen LogP contribution in [0.25, 0.3) is 0 Å². The molecule has 0 aliphatic carbocycles. The average Bonchev–Trinajstić information content (AvgIpc) is 2.07. The number of aromatic hydroxyl groups is 1. The molecular weight excluding hydrogens is 182 g/mol. The van der Waals surface area contributed by atoms with Crippen LogP contribution in [0.1, 0.15) is 22.8 Å². The topological polar surface area (TPSA) is 83.6 Å². The molecule has 1 aromatic carbocycles. The summed E-state index contributed by atoms with van der Waals surface area (Å²) < 4.78 is 0. The van der Waals surface area contributed by atoms with Crippen LogP contribution in [0.2, 0.25) is 0 Å². The van der Waals surface area contributed by atoms with Gasteiger partial charge in [0.25, 0.3) is 0 Å². The molecule has 0 spiro atoms. The lowest BCUT2D eigenvalue weighted by atomic mass is 10.0. The van der Waals surface area contributed by atoms with Crippen LogP contribution in [0.5, 0.6) is 5.75 Å². The molecule has 0 saturated heterocycles. The third-order valence-electron chi connectivity index (χ3n) is 1.87. The van der Waals surface area contributed by atoms with Crippen molar-refractivity contribution in [2.75, 3.05) is 0 Å². The molecule has 4 N–H and O–H groups in total. The molecule has 0 unspecified atom stereocenters. The summed E-state index contributed by atoms with van der Waals surface area (Å²) in [4.78, 5) is 10.6. The summed E-state index contributed by atoms with van der Waals surface area (Å²) in [5.41, 5.74) is 6.30. The standard InChI is InChI=1S/C10H13NO3/c1-6(11)4-8-5-7(10(13)14)2-3-9(8)12/h2-3,5-6,12H,4,11H2,1H3,(H,13,14)/t6-/m0/s1. The van der Waals surface area contributed by atoms with Crippen molar-refractivity contribution in [3.63, 3.8) is 0 Å². The molecule has 76 valence electrons. The van der Waals surface area contributed by atoms with Crippen LogP contribution in [-0.4, -0.2) is 22.2 Å². The quantitative estimate of drug-likeness (QED) is 0.671. The van der Waals surface area contributed by atoms with Gasteiger partial charge in [0.15, 0.2) is 0 Å². The van der Waals surface area contributed by atoms with Crippen LogP contribution >= 0.6 is 0 Å². The summed E-state index contributed by atoms with van der Waals surface area (Å²) in [5, 5.41) is 18.1. The number of phenols is 1. The molecule has 4 nitrogen and oxygen atoms in total. The van der Waals surface area contributed by atoms with E-state index in [1.54, 1.807) is 6.92 Å². The summed E-state index contributed by atoms with van der Waals surface area (Å²) in [7, 11) is 0. The molecular formula is C10H13NO3. The highest BCUT2D eigenvalue weighted by Crippen LogP contribution is 2.19. The average molecular weight is 195 g/mol. The van der Waals surface area contributed by atoms with Gasteiger partial charge < -0.3 is 15.9 Å². The maximum Gasteiger partial charge on any atom is 0.335 e. The highest BCUT2D eigenvalue weighted by molar-refractivity contribution is 5.88. The normalized spacial score (nSPS) is 12.4. The summed E-state index contributed by atoms with van der Waals surface area (Å²) in [5.74, 6) is -0.914. The summed E-state index contributed by atoms with van der Waals surface area (Å²) in [6.07, 6.45) is 0.465. The van der Waals surface area contributed by atoms with Crippen molar-refractivity contribution in [1.82, 2.24) is 0 Å². The number of nitrogens with two attached hydrogens (primary N) is 1. The molecule has 1 rings (SSSR count). The number of carboxylic acids is 1. The van der Waals surface area contributed by atoms with Gasteiger partial charge in [-0.05, 0) is 37.1 Å². The number of carbonyl (C=O) groups is 1. The van der Waals surface area contributed by atoms with Gasteiger partial charge in [-0.2, -0.15) is 0 Å². The number of aromatic carboxylic acids is 1. The Hall–Kier alpha value is -1.55. The zero-order chi connectivity index (χ0) is 10.7. The highest BCUT2D eigenvalue weighted by atomic mass is 16.4. The molecule has 14 heavy (non-hydrogen) atoms. The number of phenolic OH excluding ortho intramolecular Hbond substituents is 1. The fraction of sp³-hybridized carbons (Fsp3) is 0.300. The molecule has 0 aliphatic rings. The van der Waals surface area contributed by atoms with Gasteiger partial charge in [0, 0.05) is 6.04 Å². The van der Waals surface area contributed by atoms with Crippen LogP contribution < -0.4 is 5.73 Å². The second kappa shape index (κ2) is 4.11. The van der Waals surface area contributed by atoms with Crippen LogP contribution in [0, 0.1) is 0 Å². The molecule has 0 amide bonds. The summed E-state index contributed by atoms with van der Waals surface area (Å²) >= 11 is 0. The summed E-state index contributed by atoms with van der Waals surface area (Å²) in [6.45, 7) is 1.80. The molecule has 0 radical (unpaired) electrons. The van der Waals surface area contributed by atoms with E-state index in [1.807, 2.05) is 0 Å². The van der Waals surface area contributed by atoms with E-state index < -0.39 is 5.97 Å². The van der Waals surface area contributed by atoms with Crippen molar-refractivity contribution < 1.29 is 15.0 Å². The lowest BCUT2D eigenvalue weighted by Gasteiger charge is -2.08. The third kappa shape index (κ3) is 2.47. The number of hydrogen-bond acceptors (Lipinski definition) is 3. The fourth-order valence-corrected chi connectivity index (χ4v) is 1.23. The molecule has 1 aromatic rings. The first kappa shape index (κ1) is 10.5. The molecule has 0 fully saturated rings. The Morgan fingerprint density at radius 3 is 2.71 bits per heavy atom. The monoisotopic (exact) mass is 195 g/mol. The minimum absolute atomic E-state index is 0.0901. The fourth-order valence-electron chi connectivity index (χ4n) is 1.23. The zero-order valence-corrected chi connectivity index (χ0v) is 7.90. The predicted molar refractivity (Wildman–Crippen MR) is 52.4 cm³/mol. The summed E-state index contributed by atoms with van der Waals surface area (Å²) in [6, 6.07) is 4.08. The largest absolute Gasteiger partial charge is 0.508 e. The molecule has 0 aliphatic heterocycles. The first-order chi connectivity index (χ1) is 6.50. The predicted octanol–water partition coefficient (Wildman–Crippen LogP) is 0.980. The minimum atomic E-state index is -1.00. The van der Waals surface area contributed by atoms with Crippen molar-refractivity contribution in [1.29, 1.82) is 0 Å². The minimum Gasteiger partial charge on any atom is -0.508 e. The number of carboxylic acid groups (broad SMARTS) is 1. The first-order valence-corrected chi connectivity index (χ1v) is 4.31. The molecule has 0 heterocycles. The van der Waals surface area contributed by atoms with Gasteiger partial charge >= 0.3 is 5.97 Å². The lowest BCUT2D eigenvalue weighted by molar-refractivity contribution is 0.0696. The van der Waals surface area contributed by atoms with Crippen LogP contribution in [0.15, 0.2) is 18.2 Å². The van der Waals surface area contributed by atoms with Crippen molar-refractivity contribution in [2.24, 2.45) is 5.73 Å². The Labute approximate surface area is 82.0 Å². The van der Waals surface area contributed by atoms with Gasteiger partial charge in [-0.25, -0.2) is 4.79 Å². The second-order valence-electron chi connectivity index (χ2n) is 3.33. The Morgan fingerprint density at radius 2 is 2.21 bits per heavy atom. The van der Waals surface area contributed by atoms with Crippen molar-refractivity contribution in [3.8, 4) is 5.75 Å². The molecule has 4 heteroatoms. The number of hydrogen-bond donors (Lipinski definition) is 3. The van der Waals surface area contributed by atoms with Gasteiger partial charge in [-0.15, -0.1) is 0 Å². The third-order valence-corrected chi connectivity index (χ3v) is 1.87. The SMILES string of the molecule is C[C@H](N)Cc1cc(C(=O)O)ccc1O. The van der Waals surface area contributed by atoms with Gasteiger partial charge in [0.05, 0.1) is 5.56 Å². The van der Waals surface area contributed by atoms with Gasteiger partial charge in [-0.1, -0.05) is 0 Å². The van der Waals surface area contributed by atoms with Crippen molar-refractivity contribution >= 4 is 5.97 Å². The van der Waals surface area contributed by atoms with Crippen LogP contribution in [0.4, 0.5) is 0 Å². The van der Waals surface area contributed by atoms with E-state index in [4.69, 9.17) is 10.8 Å². The van der Waals surface area contributed by atoms with E-state index in [-0.39, 0.29) is 17.4 Å². The van der Waals surface area contributed by atoms with E-state index in [0.29, 0.717) is 12.0 Å². The smallest absolute Gasteiger partial charge is 0.335 e. The van der Waals surface area contributed by atoms with Crippen molar-refractivity contribution in [3.05, 3.63) is 29.3 Å². The lowest BCUT2D eigenvalue weighted by Crippen LogP contribution is -2.18. The molecule has 0 saturated carbocycles. The van der Waals surface area contributed by atoms with E-state index in [9.17, 15) is 9.90 Å². The van der Waals surface area contributed by atoms with E-state index in [0.717, 1.165) is 0 Å². The van der Waals surface area contributed by atoms with E-state index in [2.05, 4.69) is 0 Å².